The monoisotopic (exact) mass is 408 g/mol. The minimum atomic E-state index is -3.43. The molecule has 1 aliphatic rings. The van der Waals surface area contributed by atoms with Crippen LogP contribution in [0.3, 0.4) is 0 Å². The van der Waals surface area contributed by atoms with Gasteiger partial charge in [-0.2, -0.15) is 4.31 Å². The molecule has 1 saturated carbocycles. The highest BCUT2D eigenvalue weighted by Crippen LogP contribution is 2.22. The number of rotatable bonds is 8. The smallest absolute Gasteiger partial charge is 0.243 e. The maximum atomic E-state index is 12.6. The van der Waals surface area contributed by atoms with Crippen molar-refractivity contribution in [3.05, 3.63) is 29.8 Å². The Kier molecular flexibility index (Phi) is 8.96. The molecule has 0 spiro atoms. The molecule has 1 aliphatic carbocycles. The summed E-state index contributed by atoms with van der Waals surface area (Å²) < 4.78 is 26.6. The van der Waals surface area contributed by atoms with E-state index in [1.54, 1.807) is 12.1 Å². The van der Waals surface area contributed by atoms with Gasteiger partial charge in [-0.1, -0.05) is 58.1 Å². The number of nitrogens with zero attached hydrogens (tertiary/aromatic N) is 2. The highest BCUT2D eigenvalue weighted by Gasteiger charge is 2.22. The Morgan fingerprint density at radius 3 is 2.04 bits per heavy atom. The lowest BCUT2D eigenvalue weighted by Crippen LogP contribution is -2.37. The summed E-state index contributed by atoms with van der Waals surface area (Å²) in [5, 5.41) is 0. The molecule has 0 N–H and O–H groups in total. The fourth-order valence-corrected chi connectivity index (χ4v) is 5.45. The summed E-state index contributed by atoms with van der Waals surface area (Å²) in [5.74, 6) is 0.186. The summed E-state index contributed by atoms with van der Waals surface area (Å²) >= 11 is 0. The van der Waals surface area contributed by atoms with Gasteiger partial charge in [-0.25, -0.2) is 8.42 Å². The standard InChI is InChI=1S/C22H36N2O3S/c1-4-24(5-2)28(26,27)21-16-13-19(14-17-21)15-18-22(25)23(3)20-11-9-7-6-8-10-12-20/h13-14,16-17,20H,4-12,15,18H2,1-3H3. The molecule has 6 heteroatoms. The summed E-state index contributed by atoms with van der Waals surface area (Å²) in [6.07, 6.45) is 9.64. The lowest BCUT2D eigenvalue weighted by atomic mass is 9.95. The summed E-state index contributed by atoms with van der Waals surface area (Å²) in [7, 11) is -1.49. The first-order valence-corrected chi connectivity index (χ1v) is 12.2. The molecule has 0 unspecified atom stereocenters. The SMILES string of the molecule is CCN(CC)S(=O)(=O)c1ccc(CCC(=O)N(C)C2CCCCCCC2)cc1. The van der Waals surface area contributed by atoms with Crippen molar-refractivity contribution in [1.29, 1.82) is 0 Å². The van der Waals surface area contributed by atoms with Crippen molar-refractivity contribution in [2.75, 3.05) is 20.1 Å². The number of amides is 1. The van der Waals surface area contributed by atoms with E-state index in [1.165, 1.54) is 36.4 Å². The van der Waals surface area contributed by atoms with E-state index in [0.717, 1.165) is 18.4 Å². The number of aryl methyl sites for hydroxylation is 1. The fourth-order valence-electron chi connectivity index (χ4n) is 3.99. The summed E-state index contributed by atoms with van der Waals surface area (Å²) in [5.41, 5.74) is 0.998. The van der Waals surface area contributed by atoms with Gasteiger partial charge >= 0.3 is 0 Å². The van der Waals surface area contributed by atoms with Crippen molar-refractivity contribution in [3.8, 4) is 0 Å². The normalized spacial score (nSPS) is 16.6. The van der Waals surface area contributed by atoms with Crippen LogP contribution in [0.1, 0.15) is 70.8 Å². The Labute approximate surface area is 171 Å². The van der Waals surface area contributed by atoms with Gasteiger partial charge in [0, 0.05) is 32.6 Å². The predicted molar refractivity (Wildman–Crippen MR) is 114 cm³/mol. The molecule has 0 aliphatic heterocycles. The highest BCUT2D eigenvalue weighted by atomic mass is 32.2. The molecular formula is C22H36N2O3S. The van der Waals surface area contributed by atoms with Gasteiger partial charge in [0.1, 0.15) is 0 Å². The topological polar surface area (TPSA) is 57.7 Å². The van der Waals surface area contributed by atoms with Crippen molar-refractivity contribution < 1.29 is 13.2 Å². The molecule has 1 aromatic rings. The highest BCUT2D eigenvalue weighted by molar-refractivity contribution is 7.89. The van der Waals surface area contributed by atoms with Crippen LogP contribution in [0.25, 0.3) is 0 Å². The van der Waals surface area contributed by atoms with Crippen molar-refractivity contribution >= 4 is 15.9 Å². The van der Waals surface area contributed by atoms with Crippen LogP contribution in [-0.4, -0.2) is 49.7 Å². The van der Waals surface area contributed by atoms with Gasteiger partial charge in [0.2, 0.25) is 15.9 Å². The van der Waals surface area contributed by atoms with E-state index in [9.17, 15) is 13.2 Å². The van der Waals surface area contributed by atoms with Gasteiger partial charge in [-0.05, 0) is 37.0 Å². The quantitative estimate of drug-likeness (QED) is 0.647. The first kappa shape index (κ1) is 22.9. The molecule has 5 nitrogen and oxygen atoms in total. The number of carbonyl (C=O) groups excluding carboxylic acids is 1. The molecule has 0 saturated heterocycles. The van der Waals surface area contributed by atoms with E-state index in [0.29, 0.717) is 36.9 Å². The molecule has 0 bridgehead atoms. The van der Waals surface area contributed by atoms with Gasteiger partial charge in [-0.15, -0.1) is 0 Å². The molecule has 1 amide bonds. The van der Waals surface area contributed by atoms with E-state index in [-0.39, 0.29) is 5.91 Å². The Balaban J connectivity index is 1.92. The first-order chi connectivity index (χ1) is 13.4. The fraction of sp³-hybridized carbons (Fsp3) is 0.682. The third-order valence-corrected chi connectivity index (χ3v) is 7.97. The van der Waals surface area contributed by atoms with Crippen molar-refractivity contribution in [2.24, 2.45) is 0 Å². The number of benzene rings is 1. The third-order valence-electron chi connectivity index (χ3n) is 5.91. The zero-order valence-corrected chi connectivity index (χ0v) is 18.5. The third kappa shape index (κ3) is 6.05. The molecule has 0 heterocycles. The lowest BCUT2D eigenvalue weighted by Gasteiger charge is -2.30. The van der Waals surface area contributed by atoms with Crippen LogP contribution in [0, 0.1) is 0 Å². The Morgan fingerprint density at radius 2 is 1.50 bits per heavy atom. The molecule has 1 fully saturated rings. The molecule has 0 aromatic heterocycles. The van der Waals surface area contributed by atoms with Gasteiger partial charge in [0.25, 0.3) is 0 Å². The van der Waals surface area contributed by atoms with Gasteiger partial charge < -0.3 is 4.90 Å². The van der Waals surface area contributed by atoms with Crippen LogP contribution in [0.4, 0.5) is 0 Å². The van der Waals surface area contributed by atoms with E-state index in [2.05, 4.69) is 0 Å². The second kappa shape index (κ2) is 11.0. The maximum Gasteiger partial charge on any atom is 0.243 e. The number of carbonyl (C=O) groups is 1. The maximum absolute atomic E-state index is 12.6. The lowest BCUT2D eigenvalue weighted by molar-refractivity contribution is -0.132. The van der Waals surface area contributed by atoms with E-state index < -0.39 is 10.0 Å². The zero-order valence-electron chi connectivity index (χ0n) is 17.7. The van der Waals surface area contributed by atoms with E-state index >= 15 is 0 Å². The summed E-state index contributed by atoms with van der Waals surface area (Å²) in [6, 6.07) is 7.35. The second-order valence-electron chi connectivity index (χ2n) is 7.74. The molecule has 1 aromatic carbocycles. The number of hydrogen-bond donors (Lipinski definition) is 0. The van der Waals surface area contributed by atoms with E-state index in [4.69, 9.17) is 0 Å². The van der Waals surface area contributed by atoms with Crippen LogP contribution in [0.2, 0.25) is 0 Å². The first-order valence-electron chi connectivity index (χ1n) is 10.7. The van der Waals surface area contributed by atoms with Gasteiger partial charge in [-0.3, -0.25) is 4.79 Å². The molecule has 0 radical (unpaired) electrons. The van der Waals surface area contributed by atoms with Crippen LogP contribution in [-0.2, 0) is 21.2 Å². The van der Waals surface area contributed by atoms with Crippen LogP contribution < -0.4 is 0 Å². The molecule has 158 valence electrons. The second-order valence-corrected chi connectivity index (χ2v) is 9.67. The largest absolute Gasteiger partial charge is 0.343 e. The van der Waals surface area contributed by atoms with Crippen molar-refractivity contribution in [2.45, 2.75) is 82.6 Å². The average Bonchev–Trinajstić information content (AvgIpc) is 2.66. The van der Waals surface area contributed by atoms with Gasteiger partial charge in [0.05, 0.1) is 4.90 Å². The predicted octanol–water partition coefficient (Wildman–Crippen LogP) is 4.22. The molecule has 28 heavy (non-hydrogen) atoms. The van der Waals surface area contributed by atoms with Crippen LogP contribution >= 0.6 is 0 Å². The van der Waals surface area contributed by atoms with E-state index in [1.807, 2.05) is 37.9 Å². The number of sulfonamides is 1. The minimum Gasteiger partial charge on any atom is -0.343 e. The van der Waals surface area contributed by atoms with Gasteiger partial charge in [0.15, 0.2) is 0 Å². The average molecular weight is 409 g/mol. The zero-order chi connectivity index (χ0) is 20.6. The minimum absolute atomic E-state index is 0.186. The summed E-state index contributed by atoms with van der Waals surface area (Å²) in [4.78, 5) is 14.9. The summed E-state index contributed by atoms with van der Waals surface area (Å²) in [6.45, 7) is 4.60. The Morgan fingerprint density at radius 1 is 0.964 bits per heavy atom. The van der Waals surface area contributed by atoms with Crippen molar-refractivity contribution in [3.63, 3.8) is 0 Å². The Bertz CT molecular complexity index is 704. The van der Waals surface area contributed by atoms with Crippen molar-refractivity contribution in [1.82, 2.24) is 9.21 Å². The molecular weight excluding hydrogens is 372 g/mol. The molecule has 0 atom stereocenters. The van der Waals surface area contributed by atoms with Crippen LogP contribution in [0.15, 0.2) is 29.2 Å². The Hall–Kier alpha value is -1.40. The number of hydrogen-bond acceptors (Lipinski definition) is 3. The van der Waals surface area contributed by atoms with Crippen LogP contribution in [0.5, 0.6) is 0 Å². The molecule has 2 rings (SSSR count).